The van der Waals surface area contributed by atoms with Crippen molar-refractivity contribution in [2.75, 3.05) is 20.2 Å². The van der Waals surface area contributed by atoms with Gasteiger partial charge in [-0.15, -0.1) is 11.3 Å². The summed E-state index contributed by atoms with van der Waals surface area (Å²) < 4.78 is 7.18. The molecule has 3 heterocycles. The van der Waals surface area contributed by atoms with Gasteiger partial charge in [-0.2, -0.15) is 0 Å². The van der Waals surface area contributed by atoms with E-state index in [2.05, 4.69) is 4.98 Å². The maximum atomic E-state index is 12.7. The molecule has 4 rings (SSSR count). The van der Waals surface area contributed by atoms with Crippen molar-refractivity contribution in [2.45, 2.75) is 19.3 Å². The Bertz CT molecular complexity index is 1000. The van der Waals surface area contributed by atoms with Gasteiger partial charge in [-0.25, -0.2) is 4.98 Å². The zero-order valence-corrected chi connectivity index (χ0v) is 16.4. The molecule has 1 fully saturated rings. The predicted molar refractivity (Wildman–Crippen MR) is 107 cm³/mol. The molecule has 8 heteroatoms. The highest BCUT2D eigenvalue weighted by molar-refractivity contribution is 7.15. The first-order chi connectivity index (χ1) is 13.5. The molecule has 1 saturated heterocycles. The van der Waals surface area contributed by atoms with E-state index in [1.54, 1.807) is 7.11 Å². The molecule has 2 amide bonds. The molecule has 0 bridgehead atoms. The highest BCUT2D eigenvalue weighted by Gasteiger charge is 2.26. The third-order valence-electron chi connectivity index (χ3n) is 5.25. The SMILES string of the molecule is COc1ccc(-c2cn3c(CC(=O)N4CCC(C(N)=O)CC4)csc3n2)cc1. The number of amides is 2. The number of rotatable bonds is 5. The van der Waals surface area contributed by atoms with E-state index in [9.17, 15) is 9.59 Å². The second-order valence-electron chi connectivity index (χ2n) is 6.97. The average Bonchev–Trinajstić information content (AvgIpc) is 3.30. The minimum absolute atomic E-state index is 0.0716. The van der Waals surface area contributed by atoms with Crippen LogP contribution in [-0.4, -0.2) is 46.3 Å². The van der Waals surface area contributed by atoms with E-state index in [0.717, 1.165) is 27.7 Å². The van der Waals surface area contributed by atoms with Crippen molar-refractivity contribution >= 4 is 28.1 Å². The van der Waals surface area contributed by atoms with Crippen LogP contribution >= 0.6 is 11.3 Å². The van der Waals surface area contributed by atoms with E-state index in [0.29, 0.717) is 32.4 Å². The molecule has 3 aromatic rings. The smallest absolute Gasteiger partial charge is 0.228 e. The van der Waals surface area contributed by atoms with Crippen LogP contribution in [0.1, 0.15) is 18.5 Å². The molecule has 0 atom stereocenters. The van der Waals surface area contributed by atoms with Crippen molar-refractivity contribution < 1.29 is 14.3 Å². The summed E-state index contributed by atoms with van der Waals surface area (Å²) in [6.07, 6.45) is 3.58. The van der Waals surface area contributed by atoms with Gasteiger partial charge in [-0.1, -0.05) is 0 Å². The summed E-state index contributed by atoms with van der Waals surface area (Å²) in [6.45, 7) is 1.17. The lowest BCUT2D eigenvalue weighted by Gasteiger charge is -2.30. The Morgan fingerprint density at radius 1 is 1.25 bits per heavy atom. The number of benzene rings is 1. The van der Waals surface area contributed by atoms with E-state index in [1.807, 2.05) is 45.1 Å². The van der Waals surface area contributed by atoms with Crippen LogP contribution in [0.15, 0.2) is 35.8 Å². The Labute approximate surface area is 166 Å². The molecule has 0 unspecified atom stereocenters. The fourth-order valence-electron chi connectivity index (χ4n) is 3.54. The normalized spacial score (nSPS) is 15.1. The molecule has 1 aromatic carbocycles. The van der Waals surface area contributed by atoms with Crippen molar-refractivity contribution in [3.63, 3.8) is 0 Å². The van der Waals surface area contributed by atoms with Gasteiger partial charge >= 0.3 is 0 Å². The summed E-state index contributed by atoms with van der Waals surface area (Å²) >= 11 is 1.53. The molecule has 2 N–H and O–H groups in total. The largest absolute Gasteiger partial charge is 0.497 e. The Morgan fingerprint density at radius 2 is 1.96 bits per heavy atom. The number of fused-ring (bicyclic) bond motifs is 1. The number of nitrogens with zero attached hydrogens (tertiary/aromatic N) is 3. The molecule has 1 aliphatic rings. The lowest BCUT2D eigenvalue weighted by Crippen LogP contribution is -2.42. The van der Waals surface area contributed by atoms with Crippen molar-refractivity contribution in [3.05, 3.63) is 41.5 Å². The molecule has 146 valence electrons. The molecule has 28 heavy (non-hydrogen) atoms. The van der Waals surface area contributed by atoms with Gasteiger partial charge in [-0.05, 0) is 37.1 Å². The van der Waals surface area contributed by atoms with Crippen LogP contribution in [0.25, 0.3) is 16.2 Å². The maximum Gasteiger partial charge on any atom is 0.228 e. The van der Waals surface area contributed by atoms with Gasteiger partial charge in [0.2, 0.25) is 11.8 Å². The number of likely N-dealkylation sites (tertiary alicyclic amines) is 1. The van der Waals surface area contributed by atoms with E-state index in [-0.39, 0.29) is 17.7 Å². The van der Waals surface area contributed by atoms with Crippen molar-refractivity contribution in [2.24, 2.45) is 11.7 Å². The third-order valence-corrected chi connectivity index (χ3v) is 6.14. The van der Waals surface area contributed by atoms with Crippen LogP contribution in [0.2, 0.25) is 0 Å². The predicted octanol–water partition coefficient (Wildman–Crippen LogP) is 2.34. The number of piperidine rings is 1. The summed E-state index contributed by atoms with van der Waals surface area (Å²) in [6, 6.07) is 7.75. The number of imidazole rings is 1. The van der Waals surface area contributed by atoms with Gasteiger partial charge in [0.1, 0.15) is 5.75 Å². The van der Waals surface area contributed by atoms with Crippen molar-refractivity contribution in [1.82, 2.24) is 14.3 Å². The minimum Gasteiger partial charge on any atom is -0.497 e. The molecule has 2 aromatic heterocycles. The Kier molecular flexibility index (Phi) is 5.04. The Hall–Kier alpha value is -2.87. The summed E-state index contributed by atoms with van der Waals surface area (Å²) in [7, 11) is 1.64. The van der Waals surface area contributed by atoms with Gasteiger partial charge in [0, 0.05) is 41.8 Å². The summed E-state index contributed by atoms with van der Waals surface area (Å²) in [5, 5.41) is 1.98. The Morgan fingerprint density at radius 3 is 2.61 bits per heavy atom. The van der Waals surface area contributed by atoms with E-state index < -0.39 is 0 Å². The minimum atomic E-state index is -0.267. The Balaban J connectivity index is 1.48. The van der Waals surface area contributed by atoms with Gasteiger partial charge in [-0.3, -0.25) is 14.0 Å². The number of ether oxygens (including phenoxy) is 1. The quantitative estimate of drug-likeness (QED) is 0.714. The highest BCUT2D eigenvalue weighted by atomic mass is 32.1. The third kappa shape index (κ3) is 3.60. The second-order valence-corrected chi connectivity index (χ2v) is 7.81. The number of aromatic nitrogens is 2. The first kappa shape index (κ1) is 18.5. The van der Waals surface area contributed by atoms with Crippen LogP contribution in [0.4, 0.5) is 0 Å². The maximum absolute atomic E-state index is 12.7. The lowest BCUT2D eigenvalue weighted by atomic mass is 9.96. The van der Waals surface area contributed by atoms with Crippen LogP contribution in [-0.2, 0) is 16.0 Å². The molecule has 0 radical (unpaired) electrons. The number of methoxy groups -OCH3 is 1. The van der Waals surface area contributed by atoms with Gasteiger partial charge in [0.25, 0.3) is 0 Å². The van der Waals surface area contributed by atoms with E-state index >= 15 is 0 Å². The fourth-order valence-corrected chi connectivity index (χ4v) is 4.41. The monoisotopic (exact) mass is 398 g/mol. The number of primary amides is 1. The second kappa shape index (κ2) is 7.63. The van der Waals surface area contributed by atoms with Crippen molar-refractivity contribution in [1.29, 1.82) is 0 Å². The molecule has 7 nitrogen and oxygen atoms in total. The van der Waals surface area contributed by atoms with Crippen LogP contribution in [0.3, 0.4) is 0 Å². The molecular weight excluding hydrogens is 376 g/mol. The average molecular weight is 398 g/mol. The highest BCUT2D eigenvalue weighted by Crippen LogP contribution is 2.26. The number of hydrogen-bond donors (Lipinski definition) is 1. The molecule has 0 saturated carbocycles. The van der Waals surface area contributed by atoms with Crippen LogP contribution in [0, 0.1) is 5.92 Å². The van der Waals surface area contributed by atoms with E-state index in [4.69, 9.17) is 10.5 Å². The zero-order valence-electron chi connectivity index (χ0n) is 15.6. The zero-order chi connectivity index (χ0) is 19.7. The first-order valence-electron chi connectivity index (χ1n) is 9.22. The molecule has 0 spiro atoms. The lowest BCUT2D eigenvalue weighted by molar-refractivity contribution is -0.134. The molecule has 0 aliphatic carbocycles. The number of hydrogen-bond acceptors (Lipinski definition) is 5. The standard InChI is InChI=1S/C20H22N4O3S/c1-27-16-4-2-13(3-5-16)17-11-24-15(12-28-20(24)22-17)10-18(25)23-8-6-14(7-9-23)19(21)26/h2-5,11-12,14H,6-10H2,1H3,(H2,21,26). The first-order valence-corrected chi connectivity index (χ1v) is 10.1. The number of carbonyl (C=O) groups is 2. The topological polar surface area (TPSA) is 89.9 Å². The fraction of sp³-hybridized carbons (Fsp3) is 0.350. The van der Waals surface area contributed by atoms with Gasteiger partial charge in [0.05, 0.1) is 19.2 Å². The van der Waals surface area contributed by atoms with E-state index in [1.165, 1.54) is 11.3 Å². The molecular formula is C20H22N4O3S. The number of carbonyl (C=O) groups excluding carboxylic acids is 2. The van der Waals surface area contributed by atoms with Crippen LogP contribution < -0.4 is 10.5 Å². The van der Waals surface area contributed by atoms with Gasteiger partial charge in [0.15, 0.2) is 4.96 Å². The molecule has 1 aliphatic heterocycles. The number of thiazole rings is 1. The van der Waals surface area contributed by atoms with Crippen molar-refractivity contribution in [3.8, 4) is 17.0 Å². The summed E-state index contributed by atoms with van der Waals surface area (Å²) in [5.41, 5.74) is 8.16. The summed E-state index contributed by atoms with van der Waals surface area (Å²) in [5.74, 6) is 0.493. The van der Waals surface area contributed by atoms with Crippen LogP contribution in [0.5, 0.6) is 5.75 Å². The summed E-state index contributed by atoms with van der Waals surface area (Å²) in [4.78, 5) is 31.3. The van der Waals surface area contributed by atoms with Gasteiger partial charge < -0.3 is 15.4 Å². The number of nitrogens with two attached hydrogens (primary N) is 1.